The minimum Gasteiger partial charge on any atom is -0.452 e. The summed E-state index contributed by atoms with van der Waals surface area (Å²) in [6.07, 6.45) is 14.6. The van der Waals surface area contributed by atoms with Crippen molar-refractivity contribution >= 4 is 38.4 Å². The summed E-state index contributed by atoms with van der Waals surface area (Å²) < 4.78 is 13.9. The summed E-state index contributed by atoms with van der Waals surface area (Å²) in [5.41, 5.74) is 9.93. The van der Waals surface area contributed by atoms with Crippen molar-refractivity contribution in [2.24, 2.45) is 11.8 Å². The maximum atomic E-state index is 6.25. The molecule has 7 heteroatoms. The molecule has 2 aliphatic carbocycles. The highest BCUT2D eigenvalue weighted by atomic mass is 32.1. The molecule has 0 saturated heterocycles. The molecule has 2 N–H and O–H groups in total. The molecule has 0 radical (unpaired) electrons. The van der Waals surface area contributed by atoms with E-state index in [9.17, 15) is 0 Å². The summed E-state index contributed by atoms with van der Waals surface area (Å²) in [5, 5.41) is 6.84. The SMILES string of the molecule is Nc1ncc(-c2cnn(C3C[C@H]4CC[C@@H](C3)C4)c2)c2cc(-c3cccc4cnsc34)oc12. The maximum absolute atomic E-state index is 6.25. The number of benzene rings is 1. The van der Waals surface area contributed by atoms with Crippen LogP contribution in [0.15, 0.2) is 53.5 Å². The van der Waals surface area contributed by atoms with E-state index in [1.54, 1.807) is 0 Å². The van der Waals surface area contributed by atoms with Crippen LogP contribution >= 0.6 is 11.5 Å². The largest absolute Gasteiger partial charge is 0.452 e. The Morgan fingerprint density at radius 2 is 1.91 bits per heavy atom. The fraction of sp³-hybridized carbons (Fsp3) is 0.320. The molecular weight excluding hydrogens is 418 g/mol. The third-order valence-corrected chi connectivity index (χ3v) is 8.23. The van der Waals surface area contributed by atoms with Gasteiger partial charge < -0.3 is 10.2 Å². The second-order valence-corrected chi connectivity index (χ2v) is 10.1. The van der Waals surface area contributed by atoms with Gasteiger partial charge in [0.1, 0.15) is 5.76 Å². The third-order valence-electron chi connectivity index (χ3n) is 7.38. The van der Waals surface area contributed by atoms with Crippen LogP contribution in [0.25, 0.3) is 43.5 Å². The lowest BCUT2D eigenvalue weighted by Gasteiger charge is -2.27. The lowest BCUT2D eigenvalue weighted by Crippen LogP contribution is -2.19. The zero-order valence-corrected chi connectivity index (χ0v) is 18.4. The van der Waals surface area contributed by atoms with Gasteiger partial charge in [-0.05, 0) is 54.8 Å². The quantitative estimate of drug-likeness (QED) is 0.355. The molecule has 2 bridgehead atoms. The second-order valence-electron chi connectivity index (χ2n) is 9.34. The van der Waals surface area contributed by atoms with Crippen LogP contribution in [0.5, 0.6) is 0 Å². The average Bonchev–Trinajstić information content (AvgIpc) is 3.60. The molecule has 5 aromatic rings. The van der Waals surface area contributed by atoms with Gasteiger partial charge in [0.25, 0.3) is 0 Å². The van der Waals surface area contributed by atoms with E-state index in [4.69, 9.17) is 15.2 Å². The van der Waals surface area contributed by atoms with Gasteiger partial charge in [-0.1, -0.05) is 25.0 Å². The van der Waals surface area contributed by atoms with Crippen LogP contribution in [0.3, 0.4) is 0 Å². The number of fused-ring (bicyclic) bond motifs is 4. The number of nitrogens with two attached hydrogens (primary N) is 1. The van der Waals surface area contributed by atoms with Crippen molar-refractivity contribution < 1.29 is 4.42 Å². The van der Waals surface area contributed by atoms with Crippen molar-refractivity contribution in [3.63, 3.8) is 0 Å². The predicted octanol–water partition coefficient (Wildman–Crippen LogP) is 6.30. The lowest BCUT2D eigenvalue weighted by atomic mass is 9.85. The molecule has 0 aliphatic heterocycles. The summed E-state index contributed by atoms with van der Waals surface area (Å²) in [6, 6.07) is 8.75. The zero-order valence-electron chi connectivity index (χ0n) is 17.6. The number of aromatic nitrogens is 4. The minimum absolute atomic E-state index is 0.405. The van der Waals surface area contributed by atoms with Gasteiger partial charge in [-0.25, -0.2) is 4.98 Å². The average molecular weight is 442 g/mol. The lowest BCUT2D eigenvalue weighted by molar-refractivity contribution is 0.247. The Kier molecular flexibility index (Phi) is 3.97. The number of nitrogen functional groups attached to an aromatic ring is 1. The van der Waals surface area contributed by atoms with E-state index in [-0.39, 0.29) is 0 Å². The Morgan fingerprint density at radius 1 is 1.03 bits per heavy atom. The molecule has 3 atom stereocenters. The molecule has 7 rings (SSSR count). The molecule has 2 fully saturated rings. The number of hydrogen-bond donors (Lipinski definition) is 1. The monoisotopic (exact) mass is 441 g/mol. The van der Waals surface area contributed by atoms with Gasteiger partial charge in [-0.3, -0.25) is 4.68 Å². The molecular formula is C25H23N5OS. The Labute approximate surface area is 189 Å². The Hall–Kier alpha value is -3.19. The molecule has 2 saturated carbocycles. The third kappa shape index (κ3) is 2.80. The number of rotatable bonds is 3. The molecule has 1 aromatic carbocycles. The first-order chi connectivity index (χ1) is 15.7. The molecule has 2 aliphatic rings. The topological polar surface area (TPSA) is 82.8 Å². The normalized spacial score (nSPS) is 22.8. The zero-order chi connectivity index (χ0) is 21.2. The number of pyridine rings is 1. The summed E-state index contributed by atoms with van der Waals surface area (Å²) in [6.45, 7) is 0. The maximum Gasteiger partial charge on any atom is 0.177 e. The Bertz CT molecular complexity index is 1450. The summed E-state index contributed by atoms with van der Waals surface area (Å²) >= 11 is 1.48. The fourth-order valence-corrected chi connectivity index (χ4v) is 6.62. The van der Waals surface area contributed by atoms with Crippen LogP contribution in [0.4, 0.5) is 5.82 Å². The number of anilines is 1. The van der Waals surface area contributed by atoms with Gasteiger partial charge in [0.05, 0.1) is 16.9 Å². The highest BCUT2D eigenvalue weighted by Crippen LogP contribution is 2.46. The first-order valence-corrected chi connectivity index (χ1v) is 12.1. The first-order valence-electron chi connectivity index (χ1n) is 11.3. The van der Waals surface area contributed by atoms with Gasteiger partial charge in [-0.2, -0.15) is 9.47 Å². The van der Waals surface area contributed by atoms with Gasteiger partial charge in [0.15, 0.2) is 11.4 Å². The van der Waals surface area contributed by atoms with Crippen molar-refractivity contribution in [2.45, 2.75) is 38.1 Å². The summed E-state index contributed by atoms with van der Waals surface area (Å²) in [7, 11) is 0. The Balaban J connectivity index is 1.31. The van der Waals surface area contributed by atoms with Crippen LogP contribution in [-0.4, -0.2) is 19.1 Å². The predicted molar refractivity (Wildman–Crippen MR) is 127 cm³/mol. The molecule has 32 heavy (non-hydrogen) atoms. The number of furan rings is 1. The van der Waals surface area contributed by atoms with E-state index >= 15 is 0 Å². The van der Waals surface area contributed by atoms with Gasteiger partial charge >= 0.3 is 0 Å². The van der Waals surface area contributed by atoms with Gasteiger partial charge in [0, 0.05) is 46.1 Å². The van der Waals surface area contributed by atoms with Gasteiger partial charge in [-0.15, -0.1) is 0 Å². The molecule has 4 heterocycles. The van der Waals surface area contributed by atoms with E-state index in [1.807, 2.05) is 24.7 Å². The van der Waals surface area contributed by atoms with Crippen LogP contribution in [-0.2, 0) is 0 Å². The van der Waals surface area contributed by atoms with Crippen LogP contribution < -0.4 is 5.73 Å². The molecule has 160 valence electrons. The van der Waals surface area contributed by atoms with Crippen LogP contribution in [0.1, 0.15) is 38.1 Å². The summed E-state index contributed by atoms with van der Waals surface area (Å²) in [5.74, 6) is 2.94. The standard InChI is InChI=1S/C25H23N5OS/c26-25-23-20(9-22(31-23)19-3-1-2-16-11-29-32-24(16)19)21(12-27-25)17-10-28-30(13-17)18-7-14-4-5-15(6-14)8-18/h1-3,9-15,18H,4-8H2,(H2,26,27)/t14-,15+,18?. The highest BCUT2D eigenvalue weighted by Gasteiger charge is 2.35. The summed E-state index contributed by atoms with van der Waals surface area (Å²) in [4.78, 5) is 4.44. The first kappa shape index (κ1) is 18.4. The number of hydrogen-bond acceptors (Lipinski definition) is 6. The van der Waals surface area contributed by atoms with E-state index in [0.29, 0.717) is 17.4 Å². The van der Waals surface area contributed by atoms with Crippen LogP contribution in [0, 0.1) is 11.8 Å². The molecule has 6 nitrogen and oxygen atoms in total. The van der Waals surface area contributed by atoms with E-state index in [1.165, 1.54) is 43.6 Å². The smallest absolute Gasteiger partial charge is 0.177 e. The Morgan fingerprint density at radius 3 is 2.78 bits per heavy atom. The van der Waals surface area contributed by atoms with Crippen molar-refractivity contribution in [3.8, 4) is 22.5 Å². The molecule has 0 amide bonds. The fourth-order valence-electron chi connectivity index (χ4n) is 5.86. The molecule has 0 spiro atoms. The van der Waals surface area contributed by atoms with E-state index < -0.39 is 0 Å². The second kappa shape index (κ2) is 6.90. The van der Waals surface area contributed by atoms with E-state index in [0.717, 1.165) is 49.8 Å². The van der Waals surface area contributed by atoms with Crippen LogP contribution in [0.2, 0.25) is 0 Å². The minimum atomic E-state index is 0.405. The molecule has 1 unspecified atom stereocenters. The van der Waals surface area contributed by atoms with E-state index in [2.05, 4.69) is 38.4 Å². The van der Waals surface area contributed by atoms with Crippen molar-refractivity contribution in [3.05, 3.63) is 49.1 Å². The van der Waals surface area contributed by atoms with Gasteiger partial charge in [0.2, 0.25) is 0 Å². The van der Waals surface area contributed by atoms with Crippen molar-refractivity contribution in [1.82, 2.24) is 19.1 Å². The highest BCUT2D eigenvalue weighted by molar-refractivity contribution is 7.13. The van der Waals surface area contributed by atoms with Crippen molar-refractivity contribution in [1.29, 1.82) is 0 Å². The number of nitrogens with zero attached hydrogens (tertiary/aromatic N) is 4. The van der Waals surface area contributed by atoms with Crippen molar-refractivity contribution in [2.75, 3.05) is 5.73 Å². The molecule has 4 aromatic heterocycles.